The van der Waals surface area contributed by atoms with Crippen molar-refractivity contribution in [2.75, 3.05) is 6.54 Å². The van der Waals surface area contributed by atoms with Gasteiger partial charge in [0.05, 0.1) is 0 Å². The summed E-state index contributed by atoms with van der Waals surface area (Å²) in [5.74, 6) is 0.447. The maximum Gasteiger partial charge on any atom is 0.123 e. The van der Waals surface area contributed by atoms with Gasteiger partial charge in [0.25, 0.3) is 0 Å². The number of halogens is 1. The van der Waals surface area contributed by atoms with Gasteiger partial charge >= 0.3 is 0 Å². The van der Waals surface area contributed by atoms with Gasteiger partial charge in [0, 0.05) is 18.5 Å². The van der Waals surface area contributed by atoms with E-state index in [0.717, 1.165) is 12.1 Å². The van der Waals surface area contributed by atoms with Crippen molar-refractivity contribution in [2.24, 2.45) is 0 Å². The van der Waals surface area contributed by atoms with E-state index in [1.807, 2.05) is 12.1 Å². The maximum absolute atomic E-state index is 12.9. The minimum Gasteiger partial charge on any atom is -0.310 e. The van der Waals surface area contributed by atoms with Crippen molar-refractivity contribution in [1.29, 1.82) is 0 Å². The fourth-order valence-electron chi connectivity index (χ4n) is 2.73. The van der Waals surface area contributed by atoms with Crippen LogP contribution < -0.4 is 5.32 Å². The van der Waals surface area contributed by atoms with Gasteiger partial charge in [-0.05, 0) is 42.2 Å². The fraction of sp³-hybridized carbons (Fsp3) is 0.294. The Morgan fingerprint density at radius 1 is 1.16 bits per heavy atom. The number of rotatable bonds is 4. The highest BCUT2D eigenvalue weighted by Crippen LogP contribution is 2.34. The molecule has 0 spiro atoms. The van der Waals surface area contributed by atoms with E-state index < -0.39 is 0 Å². The maximum atomic E-state index is 12.9. The van der Waals surface area contributed by atoms with E-state index in [0.29, 0.717) is 5.92 Å². The first-order chi connectivity index (χ1) is 9.24. The largest absolute Gasteiger partial charge is 0.310 e. The van der Waals surface area contributed by atoms with Crippen molar-refractivity contribution >= 4 is 0 Å². The number of benzene rings is 2. The van der Waals surface area contributed by atoms with Crippen molar-refractivity contribution in [3.05, 3.63) is 71.0 Å². The van der Waals surface area contributed by atoms with E-state index in [1.165, 1.54) is 29.7 Å². The third-order valence-corrected chi connectivity index (χ3v) is 4.00. The van der Waals surface area contributed by atoms with E-state index in [4.69, 9.17) is 0 Å². The van der Waals surface area contributed by atoms with Gasteiger partial charge in [-0.25, -0.2) is 4.39 Å². The molecule has 0 heterocycles. The molecule has 1 N–H and O–H groups in total. The molecule has 1 aliphatic rings. The Bertz CT molecular complexity index is 562. The van der Waals surface area contributed by atoms with Crippen molar-refractivity contribution in [3.63, 3.8) is 0 Å². The highest BCUT2D eigenvalue weighted by Gasteiger charge is 2.25. The first-order valence-electron chi connectivity index (χ1n) is 6.80. The number of hydrogen-bond donors (Lipinski definition) is 1. The summed E-state index contributed by atoms with van der Waals surface area (Å²) in [6.45, 7) is 3.10. The highest BCUT2D eigenvalue weighted by molar-refractivity contribution is 5.40. The summed E-state index contributed by atoms with van der Waals surface area (Å²) in [4.78, 5) is 0. The van der Waals surface area contributed by atoms with Crippen LogP contribution in [0.25, 0.3) is 0 Å². The predicted molar refractivity (Wildman–Crippen MR) is 75.7 cm³/mol. The molecular formula is C17H18FN. The van der Waals surface area contributed by atoms with Gasteiger partial charge in [0.2, 0.25) is 0 Å². The fourth-order valence-corrected chi connectivity index (χ4v) is 2.73. The predicted octanol–water partition coefficient (Wildman–Crippen LogP) is 3.82. The van der Waals surface area contributed by atoms with Gasteiger partial charge in [0.15, 0.2) is 0 Å². The van der Waals surface area contributed by atoms with Crippen LogP contribution in [0.4, 0.5) is 4.39 Å². The van der Waals surface area contributed by atoms with Crippen LogP contribution >= 0.6 is 0 Å². The molecule has 0 bridgehead atoms. The van der Waals surface area contributed by atoms with Crippen LogP contribution in [0.5, 0.6) is 0 Å². The Morgan fingerprint density at radius 3 is 2.63 bits per heavy atom. The Hall–Kier alpha value is -1.67. The molecule has 1 nitrogen and oxygen atoms in total. The SMILES string of the molecule is C[C@H](NCC1Cc2ccccc21)c1ccc(F)cc1. The average molecular weight is 255 g/mol. The zero-order chi connectivity index (χ0) is 13.2. The molecule has 0 saturated heterocycles. The lowest BCUT2D eigenvalue weighted by molar-refractivity contribution is 0.488. The summed E-state index contributed by atoms with van der Waals surface area (Å²) in [5, 5.41) is 3.54. The van der Waals surface area contributed by atoms with E-state index in [-0.39, 0.29) is 11.9 Å². The third kappa shape index (κ3) is 2.54. The van der Waals surface area contributed by atoms with E-state index in [1.54, 1.807) is 0 Å². The van der Waals surface area contributed by atoms with E-state index in [9.17, 15) is 4.39 Å². The summed E-state index contributed by atoms with van der Waals surface area (Å²) in [6, 6.07) is 15.6. The monoisotopic (exact) mass is 255 g/mol. The second-order valence-electron chi connectivity index (χ2n) is 5.28. The summed E-state index contributed by atoms with van der Waals surface area (Å²) in [7, 11) is 0. The first-order valence-corrected chi connectivity index (χ1v) is 6.80. The molecule has 0 aliphatic heterocycles. The summed E-state index contributed by atoms with van der Waals surface area (Å²) >= 11 is 0. The van der Waals surface area contributed by atoms with Crippen molar-refractivity contribution < 1.29 is 4.39 Å². The van der Waals surface area contributed by atoms with Crippen molar-refractivity contribution in [1.82, 2.24) is 5.32 Å². The zero-order valence-electron chi connectivity index (χ0n) is 11.1. The van der Waals surface area contributed by atoms with Crippen molar-refractivity contribution in [2.45, 2.75) is 25.3 Å². The van der Waals surface area contributed by atoms with Gasteiger partial charge in [0.1, 0.15) is 5.82 Å². The van der Waals surface area contributed by atoms with Gasteiger partial charge < -0.3 is 5.32 Å². The lowest BCUT2D eigenvalue weighted by atomic mass is 9.77. The summed E-state index contributed by atoms with van der Waals surface area (Å²) in [6.07, 6.45) is 1.17. The lowest BCUT2D eigenvalue weighted by Crippen LogP contribution is -2.30. The highest BCUT2D eigenvalue weighted by atomic mass is 19.1. The average Bonchev–Trinajstić information content (AvgIpc) is 2.40. The zero-order valence-corrected chi connectivity index (χ0v) is 11.1. The molecule has 2 heteroatoms. The second-order valence-corrected chi connectivity index (χ2v) is 5.28. The smallest absolute Gasteiger partial charge is 0.123 e. The van der Waals surface area contributed by atoms with Gasteiger partial charge in [-0.1, -0.05) is 36.4 Å². The van der Waals surface area contributed by atoms with Gasteiger partial charge in [-0.2, -0.15) is 0 Å². The van der Waals surface area contributed by atoms with Crippen LogP contribution in [0, 0.1) is 5.82 Å². The Morgan fingerprint density at radius 2 is 1.89 bits per heavy atom. The van der Waals surface area contributed by atoms with Gasteiger partial charge in [-0.15, -0.1) is 0 Å². The minimum atomic E-state index is -0.177. The molecular weight excluding hydrogens is 237 g/mol. The summed E-state index contributed by atoms with van der Waals surface area (Å²) < 4.78 is 12.9. The topological polar surface area (TPSA) is 12.0 Å². The molecule has 0 fully saturated rings. The van der Waals surface area contributed by atoms with E-state index in [2.05, 4.69) is 36.5 Å². The normalized spacial score (nSPS) is 18.5. The van der Waals surface area contributed by atoms with Crippen molar-refractivity contribution in [3.8, 4) is 0 Å². The number of hydrogen-bond acceptors (Lipinski definition) is 1. The molecule has 98 valence electrons. The Balaban J connectivity index is 1.57. The Kier molecular flexibility index (Phi) is 3.34. The standard InChI is InChI=1S/C17H18FN/c1-12(13-6-8-16(18)9-7-13)19-11-15-10-14-4-2-3-5-17(14)15/h2-9,12,15,19H,10-11H2,1H3/t12-,15?/m0/s1. The first kappa shape index (κ1) is 12.4. The quantitative estimate of drug-likeness (QED) is 0.876. The van der Waals surface area contributed by atoms with Crippen LogP contribution in [0.2, 0.25) is 0 Å². The van der Waals surface area contributed by atoms with Crippen LogP contribution in [0.3, 0.4) is 0 Å². The molecule has 3 rings (SSSR count). The number of fused-ring (bicyclic) bond motifs is 1. The second kappa shape index (κ2) is 5.14. The van der Waals surface area contributed by atoms with Crippen LogP contribution in [0.15, 0.2) is 48.5 Å². The lowest BCUT2D eigenvalue weighted by Gasteiger charge is -2.31. The van der Waals surface area contributed by atoms with Crippen LogP contribution in [0.1, 0.15) is 35.6 Å². The number of nitrogens with one attached hydrogen (secondary N) is 1. The van der Waals surface area contributed by atoms with E-state index >= 15 is 0 Å². The molecule has 0 saturated carbocycles. The van der Waals surface area contributed by atoms with Crippen LogP contribution in [-0.4, -0.2) is 6.54 Å². The molecule has 1 aliphatic carbocycles. The Labute approximate surface area is 113 Å². The molecule has 2 atom stereocenters. The molecule has 1 unspecified atom stereocenters. The summed E-state index contributed by atoms with van der Waals surface area (Å²) in [5.41, 5.74) is 4.08. The molecule has 19 heavy (non-hydrogen) atoms. The molecule has 0 aromatic heterocycles. The molecule has 2 aromatic carbocycles. The van der Waals surface area contributed by atoms with Gasteiger partial charge in [-0.3, -0.25) is 0 Å². The van der Waals surface area contributed by atoms with Crippen LogP contribution in [-0.2, 0) is 6.42 Å². The minimum absolute atomic E-state index is 0.177. The third-order valence-electron chi connectivity index (χ3n) is 4.00. The molecule has 0 amide bonds. The molecule has 2 aromatic rings. The molecule has 0 radical (unpaired) electrons.